The number of fused-ring (bicyclic) bond motifs is 3. The molecule has 0 aliphatic rings. The van der Waals surface area contributed by atoms with Gasteiger partial charge in [0.2, 0.25) is 0 Å². The minimum absolute atomic E-state index is 0.128. The highest BCUT2D eigenvalue weighted by molar-refractivity contribution is 9.10. The first-order valence-corrected chi connectivity index (χ1v) is 8.08. The van der Waals surface area contributed by atoms with Crippen molar-refractivity contribution in [3.63, 3.8) is 0 Å². The zero-order chi connectivity index (χ0) is 15.8. The van der Waals surface area contributed by atoms with E-state index in [2.05, 4.69) is 38.4 Å². The number of carbonyl (C=O) groups is 1. The molecule has 0 saturated carbocycles. The van der Waals surface area contributed by atoms with Crippen LogP contribution in [0, 0.1) is 0 Å². The number of nitrogens with one attached hydrogen (secondary N) is 2. The Kier molecular flexibility index (Phi) is 3.39. The van der Waals surface area contributed by atoms with Crippen LogP contribution < -0.4 is 5.32 Å². The maximum Gasteiger partial charge on any atom is 0.256 e. The summed E-state index contributed by atoms with van der Waals surface area (Å²) in [6, 6.07) is 21.4. The van der Waals surface area contributed by atoms with Gasteiger partial charge in [-0.25, -0.2) is 0 Å². The summed E-state index contributed by atoms with van der Waals surface area (Å²) in [5.41, 5.74) is 3.55. The summed E-state index contributed by atoms with van der Waals surface area (Å²) < 4.78 is 0.783. The van der Waals surface area contributed by atoms with Crippen molar-refractivity contribution in [1.29, 1.82) is 0 Å². The Bertz CT molecular complexity index is 1040. The monoisotopic (exact) mass is 364 g/mol. The van der Waals surface area contributed by atoms with Gasteiger partial charge in [-0.3, -0.25) is 4.79 Å². The molecule has 0 fully saturated rings. The smallest absolute Gasteiger partial charge is 0.256 e. The topological polar surface area (TPSA) is 44.9 Å². The number of anilines is 1. The Morgan fingerprint density at radius 1 is 0.870 bits per heavy atom. The SMILES string of the molecule is O=C(Nc1ccc2[nH]c3ccccc3c2c1)c1ccccc1Br. The van der Waals surface area contributed by atoms with E-state index in [1.165, 1.54) is 0 Å². The van der Waals surface area contributed by atoms with E-state index in [0.29, 0.717) is 5.56 Å². The summed E-state index contributed by atoms with van der Waals surface area (Å²) in [6.45, 7) is 0. The van der Waals surface area contributed by atoms with Crippen LogP contribution in [-0.2, 0) is 0 Å². The number of rotatable bonds is 2. The molecule has 0 atom stereocenters. The second kappa shape index (κ2) is 5.56. The summed E-state index contributed by atoms with van der Waals surface area (Å²) in [5.74, 6) is -0.128. The van der Waals surface area contributed by atoms with E-state index in [1.807, 2.05) is 48.5 Å². The van der Waals surface area contributed by atoms with Crippen LogP contribution in [-0.4, -0.2) is 10.9 Å². The van der Waals surface area contributed by atoms with Crippen LogP contribution >= 0.6 is 15.9 Å². The van der Waals surface area contributed by atoms with E-state index < -0.39 is 0 Å². The molecule has 3 aromatic carbocycles. The van der Waals surface area contributed by atoms with Crippen molar-refractivity contribution in [2.24, 2.45) is 0 Å². The molecular weight excluding hydrogens is 352 g/mol. The Balaban J connectivity index is 1.73. The lowest BCUT2D eigenvalue weighted by molar-refractivity contribution is 0.102. The molecule has 0 aliphatic carbocycles. The van der Waals surface area contributed by atoms with Crippen LogP contribution in [0.25, 0.3) is 21.8 Å². The molecule has 0 radical (unpaired) electrons. The average Bonchev–Trinajstić information content (AvgIpc) is 2.93. The van der Waals surface area contributed by atoms with Crippen molar-refractivity contribution >= 4 is 49.3 Å². The standard InChI is InChI=1S/C19H13BrN2O/c20-16-7-3-1-6-14(16)19(23)21-12-9-10-18-15(11-12)13-5-2-4-8-17(13)22-18/h1-11,22H,(H,21,23). The molecule has 1 heterocycles. The number of hydrogen-bond acceptors (Lipinski definition) is 1. The highest BCUT2D eigenvalue weighted by atomic mass is 79.9. The first-order chi connectivity index (χ1) is 11.2. The van der Waals surface area contributed by atoms with Gasteiger partial charge < -0.3 is 10.3 Å². The van der Waals surface area contributed by atoms with Gasteiger partial charge in [0.1, 0.15) is 0 Å². The lowest BCUT2D eigenvalue weighted by atomic mass is 10.1. The fraction of sp³-hybridized carbons (Fsp3) is 0. The highest BCUT2D eigenvalue weighted by Crippen LogP contribution is 2.28. The molecular formula is C19H13BrN2O. The number of benzene rings is 3. The molecule has 112 valence electrons. The van der Waals surface area contributed by atoms with E-state index in [0.717, 1.165) is 32.0 Å². The van der Waals surface area contributed by atoms with Crippen molar-refractivity contribution in [3.05, 3.63) is 76.8 Å². The first kappa shape index (κ1) is 14.0. The first-order valence-electron chi connectivity index (χ1n) is 7.29. The van der Waals surface area contributed by atoms with E-state index in [9.17, 15) is 4.79 Å². The van der Waals surface area contributed by atoms with E-state index >= 15 is 0 Å². The van der Waals surface area contributed by atoms with Gasteiger partial charge in [-0.05, 0) is 52.3 Å². The molecule has 2 N–H and O–H groups in total. The normalized spacial score (nSPS) is 11.0. The highest BCUT2D eigenvalue weighted by Gasteiger charge is 2.10. The lowest BCUT2D eigenvalue weighted by Gasteiger charge is -2.07. The second-order valence-corrected chi connectivity index (χ2v) is 6.22. The number of para-hydroxylation sites is 1. The van der Waals surface area contributed by atoms with Crippen LogP contribution in [0.1, 0.15) is 10.4 Å². The zero-order valence-electron chi connectivity index (χ0n) is 12.1. The van der Waals surface area contributed by atoms with Gasteiger partial charge in [-0.2, -0.15) is 0 Å². The Hall–Kier alpha value is -2.59. The molecule has 0 unspecified atom stereocenters. The zero-order valence-corrected chi connectivity index (χ0v) is 13.7. The molecule has 0 bridgehead atoms. The van der Waals surface area contributed by atoms with E-state index in [1.54, 1.807) is 6.07 Å². The number of aromatic nitrogens is 1. The van der Waals surface area contributed by atoms with Gasteiger partial charge in [-0.15, -0.1) is 0 Å². The molecule has 4 aromatic rings. The molecule has 0 saturated heterocycles. The number of aromatic amines is 1. The predicted molar refractivity (Wildman–Crippen MR) is 97.9 cm³/mol. The Labute approximate surface area is 141 Å². The van der Waals surface area contributed by atoms with Crippen LogP contribution in [0.4, 0.5) is 5.69 Å². The van der Waals surface area contributed by atoms with Crippen LogP contribution in [0.2, 0.25) is 0 Å². The lowest BCUT2D eigenvalue weighted by Crippen LogP contribution is -2.12. The van der Waals surface area contributed by atoms with Crippen molar-refractivity contribution in [1.82, 2.24) is 4.98 Å². The fourth-order valence-electron chi connectivity index (χ4n) is 2.77. The summed E-state index contributed by atoms with van der Waals surface area (Å²) in [5, 5.41) is 5.22. The number of carbonyl (C=O) groups excluding carboxylic acids is 1. The van der Waals surface area contributed by atoms with Crippen LogP contribution in [0.3, 0.4) is 0 Å². The van der Waals surface area contributed by atoms with Crippen LogP contribution in [0.15, 0.2) is 71.2 Å². The maximum atomic E-state index is 12.4. The molecule has 1 amide bonds. The largest absolute Gasteiger partial charge is 0.355 e. The van der Waals surface area contributed by atoms with E-state index in [-0.39, 0.29) is 5.91 Å². The quantitative estimate of drug-likeness (QED) is 0.495. The summed E-state index contributed by atoms with van der Waals surface area (Å²) in [4.78, 5) is 15.8. The van der Waals surface area contributed by atoms with E-state index in [4.69, 9.17) is 0 Å². The van der Waals surface area contributed by atoms with Gasteiger partial charge in [-0.1, -0.05) is 30.3 Å². The average molecular weight is 365 g/mol. The number of amides is 1. The molecule has 4 heteroatoms. The number of halogens is 1. The minimum atomic E-state index is -0.128. The summed E-state index contributed by atoms with van der Waals surface area (Å²) in [6.07, 6.45) is 0. The van der Waals surface area contributed by atoms with Crippen molar-refractivity contribution < 1.29 is 4.79 Å². The molecule has 0 spiro atoms. The molecule has 4 rings (SSSR count). The Morgan fingerprint density at radius 3 is 2.48 bits per heavy atom. The third kappa shape index (κ3) is 2.51. The minimum Gasteiger partial charge on any atom is -0.355 e. The van der Waals surface area contributed by atoms with Crippen LogP contribution in [0.5, 0.6) is 0 Å². The number of H-pyrrole nitrogens is 1. The summed E-state index contributed by atoms with van der Waals surface area (Å²) in [7, 11) is 0. The van der Waals surface area contributed by atoms with Gasteiger partial charge in [0, 0.05) is 32.0 Å². The molecule has 1 aromatic heterocycles. The second-order valence-electron chi connectivity index (χ2n) is 5.36. The summed E-state index contributed by atoms with van der Waals surface area (Å²) >= 11 is 3.41. The van der Waals surface area contributed by atoms with Gasteiger partial charge >= 0.3 is 0 Å². The van der Waals surface area contributed by atoms with Gasteiger partial charge in [0.25, 0.3) is 5.91 Å². The fourth-order valence-corrected chi connectivity index (χ4v) is 3.23. The van der Waals surface area contributed by atoms with Crippen molar-refractivity contribution in [2.45, 2.75) is 0 Å². The maximum absolute atomic E-state index is 12.4. The molecule has 0 aliphatic heterocycles. The van der Waals surface area contributed by atoms with Gasteiger partial charge in [0.05, 0.1) is 5.56 Å². The molecule has 3 nitrogen and oxygen atoms in total. The Morgan fingerprint density at radius 2 is 1.61 bits per heavy atom. The molecule has 23 heavy (non-hydrogen) atoms. The van der Waals surface area contributed by atoms with Crippen molar-refractivity contribution in [3.8, 4) is 0 Å². The van der Waals surface area contributed by atoms with Gasteiger partial charge in [0.15, 0.2) is 0 Å². The number of hydrogen-bond donors (Lipinski definition) is 2. The third-order valence-corrected chi connectivity index (χ3v) is 4.57. The third-order valence-electron chi connectivity index (χ3n) is 3.88. The predicted octanol–water partition coefficient (Wildman–Crippen LogP) is 5.34. The van der Waals surface area contributed by atoms with Crippen molar-refractivity contribution in [2.75, 3.05) is 5.32 Å².